The van der Waals surface area contributed by atoms with Gasteiger partial charge in [-0.2, -0.15) is 0 Å². The van der Waals surface area contributed by atoms with Crippen molar-refractivity contribution in [3.63, 3.8) is 0 Å². The zero-order chi connectivity index (χ0) is 10.8. The molecule has 3 heteroatoms. The van der Waals surface area contributed by atoms with Crippen LogP contribution in [0.3, 0.4) is 0 Å². The summed E-state index contributed by atoms with van der Waals surface area (Å²) in [5.41, 5.74) is 0. The van der Waals surface area contributed by atoms with E-state index in [2.05, 4.69) is 23.4 Å². The van der Waals surface area contributed by atoms with Crippen molar-refractivity contribution < 1.29 is 4.79 Å². The van der Waals surface area contributed by atoms with Crippen LogP contribution in [0.15, 0.2) is 12.4 Å². The minimum atomic E-state index is 0.334. The summed E-state index contributed by atoms with van der Waals surface area (Å²) in [7, 11) is 0. The van der Waals surface area contributed by atoms with Gasteiger partial charge in [0, 0.05) is 37.7 Å². The first-order chi connectivity index (χ1) is 7.22. The van der Waals surface area contributed by atoms with Crippen LogP contribution < -0.4 is 0 Å². The summed E-state index contributed by atoms with van der Waals surface area (Å²) in [6.45, 7) is 5.28. The number of nitrogens with zero attached hydrogens (tertiary/aromatic N) is 2. The first-order valence-corrected chi connectivity index (χ1v) is 5.75. The number of hydrogen-bond acceptors (Lipinski definition) is 2. The molecule has 1 aromatic rings. The van der Waals surface area contributed by atoms with Crippen LogP contribution in [0.1, 0.15) is 44.9 Å². The lowest BCUT2D eigenvalue weighted by Crippen LogP contribution is -2.24. The molecule has 1 heterocycles. The van der Waals surface area contributed by atoms with E-state index in [0.717, 1.165) is 25.2 Å². The first kappa shape index (κ1) is 10.4. The molecule has 82 valence electrons. The number of rotatable bonds is 2. The second-order valence-corrected chi connectivity index (χ2v) is 4.44. The molecule has 1 aliphatic carbocycles. The average Bonchev–Trinajstić information content (AvgIpc) is 2.69. The van der Waals surface area contributed by atoms with Gasteiger partial charge in [0.15, 0.2) is 0 Å². The minimum Gasteiger partial charge on any atom is -0.335 e. The molecule has 0 amide bonds. The quantitative estimate of drug-likeness (QED) is 0.744. The zero-order valence-electron chi connectivity index (χ0n) is 9.44. The lowest BCUT2D eigenvalue weighted by molar-refractivity contribution is -0.121. The normalized spacial score (nSPS) is 26.9. The Balaban J connectivity index is 2.24. The lowest BCUT2D eigenvalue weighted by atomic mass is 9.79. The monoisotopic (exact) mass is 206 g/mol. The second-order valence-electron chi connectivity index (χ2n) is 4.44. The van der Waals surface area contributed by atoms with E-state index >= 15 is 0 Å². The highest BCUT2D eigenvalue weighted by Crippen LogP contribution is 2.34. The van der Waals surface area contributed by atoms with Gasteiger partial charge in [-0.3, -0.25) is 4.79 Å². The molecule has 0 radical (unpaired) electrons. The molecule has 0 aromatic carbocycles. The van der Waals surface area contributed by atoms with Gasteiger partial charge in [0.2, 0.25) is 0 Å². The summed E-state index contributed by atoms with van der Waals surface area (Å²) in [5, 5.41) is 0. The lowest BCUT2D eigenvalue weighted by Gasteiger charge is -2.27. The summed E-state index contributed by atoms with van der Waals surface area (Å²) in [6.07, 6.45) is 6.29. The van der Waals surface area contributed by atoms with Gasteiger partial charge >= 0.3 is 0 Å². The van der Waals surface area contributed by atoms with E-state index in [1.54, 1.807) is 0 Å². The van der Waals surface area contributed by atoms with Crippen LogP contribution in [0.2, 0.25) is 0 Å². The molecule has 1 aromatic heterocycles. The Morgan fingerprint density at radius 3 is 3.13 bits per heavy atom. The van der Waals surface area contributed by atoms with E-state index in [0.29, 0.717) is 24.0 Å². The van der Waals surface area contributed by atoms with Crippen LogP contribution in [-0.4, -0.2) is 15.3 Å². The number of hydrogen-bond donors (Lipinski definition) is 0. The molecule has 1 aliphatic rings. The molecule has 0 bridgehead atoms. The van der Waals surface area contributed by atoms with Gasteiger partial charge in [-0.1, -0.05) is 6.92 Å². The second kappa shape index (κ2) is 4.17. The predicted molar refractivity (Wildman–Crippen MR) is 58.7 cm³/mol. The molecule has 0 saturated heterocycles. The molecule has 0 spiro atoms. The van der Waals surface area contributed by atoms with E-state index < -0.39 is 0 Å². The maximum atomic E-state index is 11.5. The Morgan fingerprint density at radius 1 is 1.60 bits per heavy atom. The minimum absolute atomic E-state index is 0.334. The highest BCUT2D eigenvalue weighted by molar-refractivity contribution is 5.80. The van der Waals surface area contributed by atoms with Crippen molar-refractivity contribution in [1.82, 2.24) is 9.55 Å². The number of aryl methyl sites for hydroxylation is 1. The Morgan fingerprint density at radius 2 is 2.40 bits per heavy atom. The summed E-state index contributed by atoms with van der Waals surface area (Å²) in [6, 6.07) is 0. The molecular weight excluding hydrogens is 188 g/mol. The van der Waals surface area contributed by atoms with Crippen LogP contribution in [0.4, 0.5) is 0 Å². The fraction of sp³-hybridized carbons (Fsp3) is 0.667. The fourth-order valence-electron chi connectivity index (χ4n) is 2.40. The highest BCUT2D eigenvalue weighted by Gasteiger charge is 2.30. The van der Waals surface area contributed by atoms with E-state index in [1.807, 2.05) is 12.4 Å². The number of carbonyl (C=O) groups excluding carboxylic acids is 1. The Labute approximate surface area is 90.5 Å². The third-order valence-electron chi connectivity index (χ3n) is 3.43. The van der Waals surface area contributed by atoms with Crippen molar-refractivity contribution in [3.8, 4) is 0 Å². The van der Waals surface area contributed by atoms with Crippen LogP contribution >= 0.6 is 0 Å². The van der Waals surface area contributed by atoms with Gasteiger partial charge in [0.25, 0.3) is 0 Å². The van der Waals surface area contributed by atoms with Crippen LogP contribution in [0.25, 0.3) is 0 Å². The van der Waals surface area contributed by atoms with Gasteiger partial charge in [-0.05, 0) is 19.3 Å². The van der Waals surface area contributed by atoms with Crippen molar-refractivity contribution in [3.05, 3.63) is 18.2 Å². The topological polar surface area (TPSA) is 34.9 Å². The molecular formula is C12H18N2O. The molecule has 0 N–H and O–H groups in total. The Kier molecular flexibility index (Phi) is 2.89. The fourth-order valence-corrected chi connectivity index (χ4v) is 2.40. The summed E-state index contributed by atoms with van der Waals surface area (Å²) >= 11 is 0. The van der Waals surface area contributed by atoms with Crippen LogP contribution in [0, 0.1) is 5.92 Å². The number of aromatic nitrogens is 2. The van der Waals surface area contributed by atoms with Crippen LogP contribution in [-0.2, 0) is 11.3 Å². The van der Waals surface area contributed by atoms with E-state index in [1.165, 1.54) is 0 Å². The van der Waals surface area contributed by atoms with Gasteiger partial charge in [-0.25, -0.2) is 4.98 Å². The Hall–Kier alpha value is -1.12. The maximum absolute atomic E-state index is 11.5. The number of ketones is 1. The first-order valence-electron chi connectivity index (χ1n) is 5.75. The van der Waals surface area contributed by atoms with Gasteiger partial charge in [-0.15, -0.1) is 0 Å². The summed E-state index contributed by atoms with van der Waals surface area (Å²) in [5.74, 6) is 2.40. The van der Waals surface area contributed by atoms with Crippen molar-refractivity contribution in [2.75, 3.05) is 0 Å². The molecule has 1 fully saturated rings. The smallest absolute Gasteiger partial charge is 0.133 e. The SMILES string of the molecule is CCn1ccnc1C1CC(=O)CCC1C. The molecule has 15 heavy (non-hydrogen) atoms. The Bertz CT molecular complexity index is 356. The summed E-state index contributed by atoms with van der Waals surface area (Å²) in [4.78, 5) is 15.9. The van der Waals surface area contributed by atoms with E-state index in [4.69, 9.17) is 0 Å². The largest absolute Gasteiger partial charge is 0.335 e. The molecule has 0 aliphatic heterocycles. The van der Waals surface area contributed by atoms with E-state index in [-0.39, 0.29) is 0 Å². The zero-order valence-corrected chi connectivity index (χ0v) is 9.44. The standard InChI is InChI=1S/C12H18N2O/c1-3-14-7-6-13-12(14)11-8-10(15)5-4-9(11)2/h6-7,9,11H,3-5,8H2,1-2H3. The molecule has 2 unspecified atom stereocenters. The maximum Gasteiger partial charge on any atom is 0.133 e. The van der Waals surface area contributed by atoms with Gasteiger partial charge in [0.1, 0.15) is 11.6 Å². The number of Topliss-reactive ketones (excluding diaryl/α,β-unsaturated/α-hetero) is 1. The van der Waals surface area contributed by atoms with Crippen molar-refractivity contribution in [2.45, 2.75) is 45.6 Å². The average molecular weight is 206 g/mol. The predicted octanol–water partition coefficient (Wildman–Crippen LogP) is 2.38. The van der Waals surface area contributed by atoms with Crippen LogP contribution in [0.5, 0.6) is 0 Å². The molecule has 3 nitrogen and oxygen atoms in total. The van der Waals surface area contributed by atoms with Gasteiger partial charge in [0.05, 0.1) is 0 Å². The molecule has 1 saturated carbocycles. The van der Waals surface area contributed by atoms with Crippen molar-refractivity contribution in [2.24, 2.45) is 5.92 Å². The third-order valence-corrected chi connectivity index (χ3v) is 3.43. The number of carbonyl (C=O) groups is 1. The summed E-state index contributed by atoms with van der Waals surface area (Å²) < 4.78 is 2.15. The van der Waals surface area contributed by atoms with E-state index in [9.17, 15) is 4.79 Å². The highest BCUT2D eigenvalue weighted by atomic mass is 16.1. The van der Waals surface area contributed by atoms with Crippen molar-refractivity contribution >= 4 is 5.78 Å². The van der Waals surface area contributed by atoms with Gasteiger partial charge < -0.3 is 4.57 Å². The third kappa shape index (κ3) is 1.96. The number of imidazole rings is 1. The molecule has 2 rings (SSSR count). The molecule has 2 atom stereocenters. The van der Waals surface area contributed by atoms with Crippen molar-refractivity contribution in [1.29, 1.82) is 0 Å².